The summed E-state index contributed by atoms with van der Waals surface area (Å²) in [5.41, 5.74) is -1.48. The van der Waals surface area contributed by atoms with Gasteiger partial charge in [0, 0.05) is 13.3 Å². The fourth-order valence-electron chi connectivity index (χ4n) is 2.62. The average Bonchev–Trinajstić information content (AvgIpc) is 2.62. The zero-order chi connectivity index (χ0) is 18.4. The van der Waals surface area contributed by atoms with E-state index in [2.05, 4.69) is 0 Å². The van der Waals surface area contributed by atoms with Crippen molar-refractivity contribution in [3.63, 3.8) is 0 Å². The summed E-state index contributed by atoms with van der Waals surface area (Å²) in [4.78, 5) is 36.3. The Morgan fingerprint density at radius 2 is 1.80 bits per heavy atom. The number of rotatable bonds is 5. The van der Waals surface area contributed by atoms with Crippen molar-refractivity contribution < 1.29 is 33.3 Å². The molecule has 1 aromatic rings. The van der Waals surface area contributed by atoms with Crippen LogP contribution in [0.4, 0.5) is 0 Å². The molecule has 1 aromatic carbocycles. The number of carbonyl (C=O) groups excluding carboxylic acids is 3. The summed E-state index contributed by atoms with van der Waals surface area (Å²) in [5, 5.41) is 0. The second-order valence-electron chi connectivity index (χ2n) is 5.50. The smallest absolute Gasteiger partial charge is 0.354 e. The summed E-state index contributed by atoms with van der Waals surface area (Å²) in [6.07, 6.45) is 2.87. The summed E-state index contributed by atoms with van der Waals surface area (Å²) in [7, 11) is 2.70. The van der Waals surface area contributed by atoms with Crippen LogP contribution in [-0.4, -0.2) is 43.8 Å². The van der Waals surface area contributed by atoms with E-state index in [9.17, 15) is 14.4 Å². The maximum absolute atomic E-state index is 12.5. The van der Waals surface area contributed by atoms with Gasteiger partial charge < -0.3 is 18.9 Å². The standard InChI is InChI=1S/C18H20O7/c1-12(19)24-15-6-4-5-11-18(15,17(21)23-3)25-16(20)13-7-9-14(22-2)10-8-13/h4,6-10,15H,5,11H2,1-3H3/t15-,18-/m1/s1. The summed E-state index contributed by atoms with van der Waals surface area (Å²) in [5.74, 6) is -1.51. The maximum Gasteiger partial charge on any atom is 0.354 e. The molecule has 0 aliphatic heterocycles. The van der Waals surface area contributed by atoms with E-state index >= 15 is 0 Å². The molecule has 7 nitrogen and oxygen atoms in total. The molecular formula is C18H20O7. The topological polar surface area (TPSA) is 88.1 Å². The van der Waals surface area contributed by atoms with Gasteiger partial charge in [-0.1, -0.05) is 6.08 Å². The zero-order valence-corrected chi connectivity index (χ0v) is 14.3. The van der Waals surface area contributed by atoms with Gasteiger partial charge in [0.15, 0.2) is 6.10 Å². The van der Waals surface area contributed by atoms with Gasteiger partial charge in [0.25, 0.3) is 0 Å². The van der Waals surface area contributed by atoms with Crippen molar-refractivity contribution in [2.45, 2.75) is 31.5 Å². The molecule has 134 valence electrons. The Labute approximate surface area is 145 Å². The minimum Gasteiger partial charge on any atom is -0.497 e. The normalized spacial score (nSPS) is 22.0. The number of allylic oxidation sites excluding steroid dienone is 1. The van der Waals surface area contributed by atoms with Crippen LogP contribution in [0.15, 0.2) is 36.4 Å². The number of hydrogen-bond acceptors (Lipinski definition) is 7. The van der Waals surface area contributed by atoms with Crippen LogP contribution in [-0.2, 0) is 23.8 Å². The number of methoxy groups -OCH3 is 2. The van der Waals surface area contributed by atoms with Crippen LogP contribution >= 0.6 is 0 Å². The van der Waals surface area contributed by atoms with Gasteiger partial charge in [0.1, 0.15) is 5.75 Å². The van der Waals surface area contributed by atoms with Crippen molar-refractivity contribution in [2.24, 2.45) is 0 Å². The minimum atomic E-state index is -1.72. The highest BCUT2D eigenvalue weighted by Gasteiger charge is 2.52. The molecule has 0 saturated carbocycles. The van der Waals surface area contributed by atoms with Gasteiger partial charge in [-0.3, -0.25) is 4.79 Å². The van der Waals surface area contributed by atoms with E-state index in [1.807, 2.05) is 0 Å². The molecule has 0 fully saturated rings. The summed E-state index contributed by atoms with van der Waals surface area (Å²) in [6, 6.07) is 6.24. The van der Waals surface area contributed by atoms with Gasteiger partial charge in [0.05, 0.1) is 19.8 Å². The van der Waals surface area contributed by atoms with Crippen LogP contribution < -0.4 is 4.74 Å². The van der Waals surface area contributed by atoms with Crippen LogP contribution in [0.5, 0.6) is 5.75 Å². The molecule has 0 spiro atoms. The lowest BCUT2D eigenvalue weighted by molar-refractivity contribution is -0.182. The van der Waals surface area contributed by atoms with Crippen molar-refractivity contribution in [3.8, 4) is 5.75 Å². The Morgan fingerprint density at radius 3 is 2.36 bits per heavy atom. The lowest BCUT2D eigenvalue weighted by Crippen LogP contribution is -2.55. The molecule has 0 aromatic heterocycles. The molecule has 0 amide bonds. The Bertz CT molecular complexity index is 677. The Morgan fingerprint density at radius 1 is 1.12 bits per heavy atom. The Kier molecular flexibility index (Phi) is 5.80. The second kappa shape index (κ2) is 7.83. The number of hydrogen-bond donors (Lipinski definition) is 0. The highest BCUT2D eigenvalue weighted by molar-refractivity contribution is 5.93. The molecule has 0 unspecified atom stereocenters. The van der Waals surface area contributed by atoms with E-state index in [1.54, 1.807) is 18.2 Å². The van der Waals surface area contributed by atoms with Crippen LogP contribution in [0.2, 0.25) is 0 Å². The molecule has 0 saturated heterocycles. The molecule has 0 heterocycles. The van der Waals surface area contributed by atoms with E-state index in [1.165, 1.54) is 39.4 Å². The first kappa shape index (κ1) is 18.5. The van der Waals surface area contributed by atoms with E-state index in [0.29, 0.717) is 12.2 Å². The number of benzene rings is 1. The lowest BCUT2D eigenvalue weighted by Gasteiger charge is -2.37. The molecule has 0 bridgehead atoms. The first-order valence-corrected chi connectivity index (χ1v) is 7.72. The third-order valence-corrected chi connectivity index (χ3v) is 3.88. The van der Waals surface area contributed by atoms with Crippen molar-refractivity contribution >= 4 is 17.9 Å². The fourth-order valence-corrected chi connectivity index (χ4v) is 2.62. The molecule has 0 N–H and O–H groups in total. The van der Waals surface area contributed by atoms with E-state index < -0.39 is 29.6 Å². The van der Waals surface area contributed by atoms with Crippen molar-refractivity contribution in [3.05, 3.63) is 42.0 Å². The predicted molar refractivity (Wildman–Crippen MR) is 87.1 cm³/mol. The van der Waals surface area contributed by atoms with Crippen LogP contribution in [0, 0.1) is 0 Å². The van der Waals surface area contributed by atoms with Crippen LogP contribution in [0.3, 0.4) is 0 Å². The van der Waals surface area contributed by atoms with Gasteiger partial charge >= 0.3 is 17.9 Å². The lowest BCUT2D eigenvalue weighted by atomic mass is 9.86. The SMILES string of the molecule is COC(=O)[C@@]1(OC(=O)c2ccc(OC)cc2)CCC=C[C@H]1OC(C)=O. The molecular weight excluding hydrogens is 328 g/mol. The van der Waals surface area contributed by atoms with E-state index in [4.69, 9.17) is 18.9 Å². The largest absolute Gasteiger partial charge is 0.497 e. The Hall–Kier alpha value is -2.83. The molecule has 7 heteroatoms. The van der Waals surface area contributed by atoms with Crippen molar-refractivity contribution in [2.75, 3.05) is 14.2 Å². The van der Waals surface area contributed by atoms with Crippen LogP contribution in [0.25, 0.3) is 0 Å². The molecule has 1 aliphatic carbocycles. The average molecular weight is 348 g/mol. The van der Waals surface area contributed by atoms with E-state index in [0.717, 1.165) is 0 Å². The highest BCUT2D eigenvalue weighted by atomic mass is 16.6. The van der Waals surface area contributed by atoms with Gasteiger partial charge in [-0.2, -0.15) is 0 Å². The maximum atomic E-state index is 12.5. The summed E-state index contributed by atoms with van der Waals surface area (Å²) < 4.78 is 20.6. The number of ether oxygens (including phenoxy) is 4. The summed E-state index contributed by atoms with van der Waals surface area (Å²) >= 11 is 0. The third-order valence-electron chi connectivity index (χ3n) is 3.88. The molecule has 1 aliphatic rings. The number of esters is 3. The molecule has 0 radical (unpaired) electrons. The van der Waals surface area contributed by atoms with Gasteiger partial charge in [-0.25, -0.2) is 9.59 Å². The van der Waals surface area contributed by atoms with Gasteiger partial charge in [0.2, 0.25) is 5.60 Å². The molecule has 25 heavy (non-hydrogen) atoms. The van der Waals surface area contributed by atoms with Crippen molar-refractivity contribution in [1.29, 1.82) is 0 Å². The quantitative estimate of drug-likeness (QED) is 0.457. The zero-order valence-electron chi connectivity index (χ0n) is 14.3. The first-order valence-electron chi connectivity index (χ1n) is 7.72. The second-order valence-corrected chi connectivity index (χ2v) is 5.50. The third kappa shape index (κ3) is 3.99. The number of carbonyl (C=O) groups is 3. The van der Waals surface area contributed by atoms with Gasteiger partial charge in [-0.15, -0.1) is 0 Å². The van der Waals surface area contributed by atoms with Gasteiger partial charge in [-0.05, 0) is 36.8 Å². The fraction of sp³-hybridized carbons (Fsp3) is 0.389. The molecule has 2 rings (SSSR count). The monoisotopic (exact) mass is 348 g/mol. The van der Waals surface area contributed by atoms with Crippen molar-refractivity contribution in [1.82, 2.24) is 0 Å². The minimum absolute atomic E-state index is 0.149. The first-order chi connectivity index (χ1) is 11.9. The van der Waals surface area contributed by atoms with E-state index in [-0.39, 0.29) is 12.0 Å². The molecule has 2 atom stereocenters. The summed E-state index contributed by atoms with van der Waals surface area (Å²) in [6.45, 7) is 1.22. The Balaban J connectivity index is 2.32. The predicted octanol–water partition coefficient (Wildman–Crippen LogP) is 2.05. The highest BCUT2D eigenvalue weighted by Crippen LogP contribution is 2.33. The van der Waals surface area contributed by atoms with Crippen LogP contribution in [0.1, 0.15) is 30.1 Å².